The standard InChI is InChI=1S/C13H26N2O3/c1-13(15,12(14)16)7-3-5-8-17-10-11-6-2-4-9-18-11/h11H,2-10,15H2,1H3,(H2,14,16). The smallest absolute Gasteiger partial charge is 0.237 e. The fourth-order valence-corrected chi connectivity index (χ4v) is 1.97. The van der Waals surface area contributed by atoms with Crippen LogP contribution in [0.1, 0.15) is 45.4 Å². The summed E-state index contributed by atoms with van der Waals surface area (Å²) in [5.41, 5.74) is 10.1. The van der Waals surface area contributed by atoms with Gasteiger partial charge in [0.1, 0.15) is 0 Å². The summed E-state index contributed by atoms with van der Waals surface area (Å²) < 4.78 is 11.1. The van der Waals surface area contributed by atoms with Gasteiger partial charge in [0.05, 0.1) is 18.2 Å². The molecule has 2 atom stereocenters. The molecule has 1 rings (SSSR count). The Morgan fingerprint density at radius 1 is 1.44 bits per heavy atom. The monoisotopic (exact) mass is 258 g/mol. The fraction of sp³-hybridized carbons (Fsp3) is 0.923. The molecule has 106 valence electrons. The molecule has 2 unspecified atom stereocenters. The van der Waals surface area contributed by atoms with Gasteiger partial charge in [0.15, 0.2) is 0 Å². The van der Waals surface area contributed by atoms with Crippen molar-refractivity contribution >= 4 is 5.91 Å². The molecule has 0 aromatic rings. The molecule has 0 aliphatic carbocycles. The second kappa shape index (κ2) is 7.71. The van der Waals surface area contributed by atoms with E-state index in [-0.39, 0.29) is 6.10 Å². The first-order chi connectivity index (χ1) is 8.52. The Labute approximate surface area is 109 Å². The molecular weight excluding hydrogens is 232 g/mol. The van der Waals surface area contributed by atoms with Crippen LogP contribution < -0.4 is 11.5 Å². The first kappa shape index (κ1) is 15.4. The van der Waals surface area contributed by atoms with E-state index >= 15 is 0 Å². The molecule has 4 N–H and O–H groups in total. The predicted octanol–water partition coefficient (Wildman–Crippen LogP) is 0.945. The van der Waals surface area contributed by atoms with Gasteiger partial charge in [-0.2, -0.15) is 0 Å². The number of ether oxygens (including phenoxy) is 2. The second-order valence-corrected chi connectivity index (χ2v) is 5.30. The maximum Gasteiger partial charge on any atom is 0.237 e. The minimum absolute atomic E-state index is 0.268. The Balaban J connectivity index is 1.97. The third-order valence-electron chi connectivity index (χ3n) is 3.38. The number of primary amides is 1. The normalized spacial score (nSPS) is 23.6. The molecule has 1 amide bonds. The highest BCUT2D eigenvalue weighted by molar-refractivity contribution is 5.83. The van der Waals surface area contributed by atoms with Gasteiger partial charge in [-0.25, -0.2) is 0 Å². The highest BCUT2D eigenvalue weighted by Gasteiger charge is 2.24. The van der Waals surface area contributed by atoms with E-state index in [4.69, 9.17) is 20.9 Å². The number of hydrogen-bond donors (Lipinski definition) is 2. The van der Waals surface area contributed by atoms with E-state index in [0.717, 1.165) is 25.9 Å². The lowest BCUT2D eigenvalue weighted by molar-refractivity contribution is -0.122. The quantitative estimate of drug-likeness (QED) is 0.634. The zero-order valence-electron chi connectivity index (χ0n) is 11.3. The highest BCUT2D eigenvalue weighted by Crippen LogP contribution is 2.13. The van der Waals surface area contributed by atoms with Crippen LogP contribution in [0.2, 0.25) is 0 Å². The lowest BCUT2D eigenvalue weighted by Crippen LogP contribution is -2.49. The van der Waals surface area contributed by atoms with Crippen molar-refractivity contribution in [3.63, 3.8) is 0 Å². The number of unbranched alkanes of at least 4 members (excludes halogenated alkanes) is 1. The lowest BCUT2D eigenvalue weighted by atomic mass is 9.96. The summed E-state index contributed by atoms with van der Waals surface area (Å²) in [6.07, 6.45) is 6.11. The summed E-state index contributed by atoms with van der Waals surface area (Å²) in [6, 6.07) is 0. The fourth-order valence-electron chi connectivity index (χ4n) is 1.97. The van der Waals surface area contributed by atoms with E-state index in [1.807, 2.05) is 0 Å². The van der Waals surface area contributed by atoms with Gasteiger partial charge in [0.25, 0.3) is 0 Å². The van der Waals surface area contributed by atoms with Crippen molar-refractivity contribution in [3.05, 3.63) is 0 Å². The average molecular weight is 258 g/mol. The molecule has 1 aliphatic rings. The summed E-state index contributed by atoms with van der Waals surface area (Å²) in [7, 11) is 0. The molecule has 1 fully saturated rings. The van der Waals surface area contributed by atoms with Crippen LogP contribution in [-0.2, 0) is 14.3 Å². The van der Waals surface area contributed by atoms with E-state index in [1.165, 1.54) is 12.8 Å². The summed E-state index contributed by atoms with van der Waals surface area (Å²) in [5, 5.41) is 0. The van der Waals surface area contributed by atoms with Gasteiger partial charge in [-0.1, -0.05) is 0 Å². The summed E-state index contributed by atoms with van der Waals surface area (Å²) >= 11 is 0. The third-order valence-corrected chi connectivity index (χ3v) is 3.38. The zero-order chi connectivity index (χ0) is 13.4. The van der Waals surface area contributed by atoms with E-state index in [1.54, 1.807) is 6.92 Å². The number of hydrogen-bond acceptors (Lipinski definition) is 4. The number of carbonyl (C=O) groups excluding carboxylic acids is 1. The van der Waals surface area contributed by atoms with Gasteiger partial charge >= 0.3 is 0 Å². The molecule has 1 aliphatic heterocycles. The molecule has 18 heavy (non-hydrogen) atoms. The lowest BCUT2D eigenvalue weighted by Gasteiger charge is -2.22. The summed E-state index contributed by atoms with van der Waals surface area (Å²) in [6.45, 7) is 3.90. The van der Waals surface area contributed by atoms with Gasteiger partial charge < -0.3 is 20.9 Å². The number of amides is 1. The Morgan fingerprint density at radius 2 is 2.22 bits per heavy atom. The van der Waals surface area contributed by atoms with Crippen LogP contribution in [0, 0.1) is 0 Å². The van der Waals surface area contributed by atoms with Crippen molar-refractivity contribution in [3.8, 4) is 0 Å². The van der Waals surface area contributed by atoms with Crippen LogP contribution in [-0.4, -0.2) is 37.4 Å². The average Bonchev–Trinajstić information content (AvgIpc) is 2.34. The van der Waals surface area contributed by atoms with Gasteiger partial charge in [0, 0.05) is 13.2 Å². The van der Waals surface area contributed by atoms with Crippen LogP contribution in [0.3, 0.4) is 0 Å². The molecule has 0 aromatic heterocycles. The molecule has 0 bridgehead atoms. The number of carbonyl (C=O) groups is 1. The van der Waals surface area contributed by atoms with Crippen LogP contribution in [0.15, 0.2) is 0 Å². The van der Waals surface area contributed by atoms with Crippen molar-refractivity contribution in [1.82, 2.24) is 0 Å². The number of rotatable bonds is 8. The zero-order valence-corrected chi connectivity index (χ0v) is 11.3. The molecule has 5 heteroatoms. The van der Waals surface area contributed by atoms with Crippen molar-refractivity contribution in [1.29, 1.82) is 0 Å². The second-order valence-electron chi connectivity index (χ2n) is 5.30. The Hall–Kier alpha value is -0.650. The van der Waals surface area contributed by atoms with Gasteiger partial charge in [0.2, 0.25) is 5.91 Å². The minimum Gasteiger partial charge on any atom is -0.379 e. The van der Waals surface area contributed by atoms with Crippen LogP contribution >= 0.6 is 0 Å². The molecule has 1 saturated heterocycles. The van der Waals surface area contributed by atoms with Crippen LogP contribution in [0.4, 0.5) is 0 Å². The largest absolute Gasteiger partial charge is 0.379 e. The number of nitrogens with two attached hydrogens (primary N) is 2. The molecular formula is C13H26N2O3. The molecule has 5 nitrogen and oxygen atoms in total. The van der Waals surface area contributed by atoms with E-state index < -0.39 is 11.4 Å². The minimum atomic E-state index is -0.896. The molecule has 0 radical (unpaired) electrons. The first-order valence-electron chi connectivity index (χ1n) is 6.80. The predicted molar refractivity (Wildman–Crippen MR) is 70.0 cm³/mol. The third kappa shape index (κ3) is 5.80. The molecule has 1 heterocycles. The molecule has 0 aromatic carbocycles. The Morgan fingerprint density at radius 3 is 2.83 bits per heavy atom. The Bertz CT molecular complexity index is 251. The Kier molecular flexibility index (Phi) is 6.60. The maximum absolute atomic E-state index is 11.0. The van der Waals surface area contributed by atoms with Crippen molar-refractivity contribution in [2.75, 3.05) is 19.8 Å². The van der Waals surface area contributed by atoms with E-state index in [9.17, 15) is 4.79 Å². The molecule has 0 saturated carbocycles. The van der Waals surface area contributed by atoms with Crippen LogP contribution in [0.5, 0.6) is 0 Å². The van der Waals surface area contributed by atoms with Gasteiger partial charge in [-0.3, -0.25) is 4.79 Å². The first-order valence-corrected chi connectivity index (χ1v) is 6.80. The maximum atomic E-state index is 11.0. The van der Waals surface area contributed by atoms with Crippen LogP contribution in [0.25, 0.3) is 0 Å². The summed E-state index contributed by atoms with van der Waals surface area (Å²) in [4.78, 5) is 11.0. The molecule has 0 spiro atoms. The van der Waals surface area contributed by atoms with E-state index in [0.29, 0.717) is 19.6 Å². The van der Waals surface area contributed by atoms with Gasteiger partial charge in [-0.15, -0.1) is 0 Å². The van der Waals surface area contributed by atoms with Crippen molar-refractivity contribution in [2.24, 2.45) is 11.5 Å². The topological polar surface area (TPSA) is 87.6 Å². The van der Waals surface area contributed by atoms with Crippen molar-refractivity contribution in [2.45, 2.75) is 57.1 Å². The van der Waals surface area contributed by atoms with E-state index in [2.05, 4.69) is 0 Å². The van der Waals surface area contributed by atoms with Gasteiger partial charge in [-0.05, 0) is 45.4 Å². The van der Waals surface area contributed by atoms with Crippen molar-refractivity contribution < 1.29 is 14.3 Å². The SMILES string of the molecule is CC(N)(CCCCOCC1CCCCO1)C(N)=O. The summed E-state index contributed by atoms with van der Waals surface area (Å²) in [5.74, 6) is -0.445. The highest BCUT2D eigenvalue weighted by atomic mass is 16.5.